The molecule has 1 saturated heterocycles. The molecule has 83 heavy (non-hydrogen) atoms. The Kier molecular flexibility index (Phi) is 26.1. The molecule has 0 atom stereocenters. The standard InChI is InChI=1S/C36H30NP2.2C13H13P.C2H3N.H3O9P3.Pd/c1-7-19-31(20-8-1)38(32-21-9-2-10-22-32,33-23-11-3-12-24-33)37-39(34-25-13-4-14-26-34,35-27-15-5-16-28-35)36-29-17-6-18-30-36;2*1-14(12-8-4-2-5-9-12)13-10-6-3-7-11-13;1-2-3;1-10(2)7-11(3,4)9-12(5,6)8-10;/h1-30H;2*2-11H,1H3;1H3;(H,1,2)(H,3,4)(H,5,6);/q+1;;;;;+2/p-1. The molecule has 0 amide bonds. The molecule has 0 aromatic heterocycles. The van der Waals surface area contributed by atoms with Crippen molar-refractivity contribution in [3.05, 3.63) is 303 Å². The van der Waals surface area contributed by atoms with Crippen LogP contribution in [0.4, 0.5) is 0 Å². The fourth-order valence-electron chi connectivity index (χ4n) is 8.77. The molecule has 10 aromatic carbocycles. The van der Waals surface area contributed by atoms with Crippen molar-refractivity contribution >= 4 is 107 Å². The van der Waals surface area contributed by atoms with Gasteiger partial charge in [0.2, 0.25) is 7.41 Å². The van der Waals surface area contributed by atoms with Crippen molar-refractivity contribution in [1.29, 1.82) is 5.26 Å². The third kappa shape index (κ3) is 18.7. The average Bonchev–Trinajstić information content (AvgIpc) is 3.55. The molecule has 0 unspecified atom stereocenters. The van der Waals surface area contributed by atoms with Gasteiger partial charge in [-0.3, -0.25) is 13.7 Å². The zero-order valence-electron chi connectivity index (χ0n) is 45.5. The minimum atomic E-state index is -5.36. The van der Waals surface area contributed by atoms with Crippen LogP contribution in [-0.4, -0.2) is 13.3 Å². The maximum Gasteiger partial charge on any atom is 2.00 e. The SMILES string of the molecule is CC#N.C[PH+](c1ccccc1)c1ccccc1.C[PH+](c1ccccc1)c1ccccc1.O=P1([O-])OP(=O)([O-])OP(=O)([O-])O1.[Pd+2].c1ccc(P(=N[P+](c2ccccc2)(c2ccccc2)c2ccccc2)(c2ccccc2)c2ccccc2)cc1. The molecule has 1 heterocycles. The quantitative estimate of drug-likeness (QED) is 0.0892. The molecule has 424 valence electrons. The summed E-state index contributed by atoms with van der Waals surface area (Å²) in [4.78, 5) is 30.7. The van der Waals surface area contributed by atoms with E-state index in [1.165, 1.54) is 60.0 Å². The van der Waals surface area contributed by atoms with Gasteiger partial charge in [0.15, 0.2) is 0 Å². The number of hydrogen-bond donors (Lipinski definition) is 0. The summed E-state index contributed by atoms with van der Waals surface area (Å²) < 4.78 is 46.6. The number of benzene rings is 10. The van der Waals surface area contributed by atoms with E-state index in [0.717, 1.165) is 0 Å². The first-order valence-electron chi connectivity index (χ1n) is 25.8. The minimum absolute atomic E-state index is 0. The summed E-state index contributed by atoms with van der Waals surface area (Å²) in [6, 6.07) is 110. The van der Waals surface area contributed by atoms with E-state index in [2.05, 4.69) is 330 Å². The van der Waals surface area contributed by atoms with Crippen molar-refractivity contribution in [2.75, 3.05) is 13.3 Å². The predicted octanol–water partition coefficient (Wildman–Crippen LogP) is 11.0. The van der Waals surface area contributed by atoms with Gasteiger partial charge in [-0.05, 0) is 84.9 Å². The molecule has 0 bridgehead atoms. The number of phosphoric acid groups is 3. The average molecular weight is 1330 g/mol. The Labute approximate surface area is 504 Å². The molecule has 1 aliphatic heterocycles. The monoisotopic (exact) mass is 1320 g/mol. The Hall–Kier alpha value is -5.68. The first kappa shape index (κ1) is 66.5. The van der Waals surface area contributed by atoms with E-state index >= 15 is 0 Å². The molecular weight excluding hydrogens is 1260 g/mol. The van der Waals surface area contributed by atoms with Crippen LogP contribution in [-0.2, 0) is 47.0 Å². The van der Waals surface area contributed by atoms with Gasteiger partial charge in [-0.1, -0.05) is 218 Å². The van der Waals surface area contributed by atoms with Gasteiger partial charge in [0, 0.05) is 22.8 Å². The molecule has 0 saturated carbocycles. The number of nitriles is 1. The van der Waals surface area contributed by atoms with Gasteiger partial charge in [-0.2, -0.15) is 5.26 Å². The van der Waals surface area contributed by atoms with Crippen LogP contribution in [0.3, 0.4) is 0 Å². The van der Waals surface area contributed by atoms with Crippen molar-refractivity contribution in [1.82, 2.24) is 0 Å². The second kappa shape index (κ2) is 32.6. The molecule has 10 aromatic rings. The summed E-state index contributed by atoms with van der Waals surface area (Å²) >= 11 is 0. The van der Waals surface area contributed by atoms with E-state index in [0.29, 0.717) is 0 Å². The Morgan fingerprint density at radius 1 is 0.373 bits per heavy atom. The Balaban J connectivity index is 0.000000205. The van der Waals surface area contributed by atoms with Crippen LogP contribution in [0.2, 0.25) is 0 Å². The van der Waals surface area contributed by atoms with E-state index in [9.17, 15) is 28.4 Å². The second-order valence-corrected chi connectivity index (χ2v) is 33.7. The fraction of sp³-hybridized carbons (Fsp3) is 0.0469. The molecular formula is C64H61N2O9P7Pd+2. The van der Waals surface area contributed by atoms with Gasteiger partial charge < -0.3 is 14.7 Å². The number of hydrogen-bond acceptors (Lipinski definition) is 11. The van der Waals surface area contributed by atoms with E-state index in [-0.39, 0.29) is 20.4 Å². The third-order valence-corrected chi connectivity index (χ3v) is 30.5. The van der Waals surface area contributed by atoms with Crippen molar-refractivity contribution in [2.45, 2.75) is 6.92 Å². The van der Waals surface area contributed by atoms with E-state index < -0.39 is 53.8 Å². The van der Waals surface area contributed by atoms with Crippen molar-refractivity contribution in [3.8, 4) is 6.07 Å². The fourth-order valence-corrected chi connectivity index (χ4v) is 25.8. The molecule has 11 nitrogen and oxygen atoms in total. The number of nitrogens with zero attached hydrogens (tertiary/aromatic N) is 2. The zero-order chi connectivity index (χ0) is 58.3. The van der Waals surface area contributed by atoms with Gasteiger partial charge in [-0.15, -0.1) is 4.52 Å². The van der Waals surface area contributed by atoms with Crippen molar-refractivity contribution < 1.29 is 61.7 Å². The molecule has 1 aliphatic rings. The maximum absolute atomic E-state index is 10.2. The molecule has 0 radical (unpaired) electrons. The van der Waals surface area contributed by atoms with Crippen molar-refractivity contribution in [3.63, 3.8) is 0 Å². The van der Waals surface area contributed by atoms with Gasteiger partial charge >= 0.3 is 20.4 Å². The first-order chi connectivity index (χ1) is 39.6. The van der Waals surface area contributed by atoms with Crippen LogP contribution in [0.1, 0.15) is 6.92 Å². The second-order valence-electron chi connectivity index (χ2n) is 17.9. The Bertz CT molecular complexity index is 3330. The van der Waals surface area contributed by atoms with Gasteiger partial charge in [-0.25, -0.2) is 12.9 Å². The van der Waals surface area contributed by atoms with E-state index in [1.54, 1.807) is 6.07 Å². The molecule has 19 heteroatoms. The maximum atomic E-state index is 10.2. The summed E-state index contributed by atoms with van der Waals surface area (Å²) in [5, 5.41) is 20.8. The van der Waals surface area contributed by atoms with Crippen LogP contribution in [0.25, 0.3) is 0 Å². The summed E-state index contributed by atoms with van der Waals surface area (Å²) in [6.45, 7) is 6.12. The van der Waals surface area contributed by atoms with Crippen LogP contribution >= 0.6 is 53.8 Å². The molecule has 0 N–H and O–H groups in total. The van der Waals surface area contributed by atoms with E-state index in [1.807, 2.05) is 0 Å². The molecule has 0 aliphatic carbocycles. The van der Waals surface area contributed by atoms with Crippen LogP contribution in [0.15, 0.2) is 308 Å². The summed E-state index contributed by atoms with van der Waals surface area (Å²) in [5.41, 5.74) is 0. The topological polar surface area (TPSA) is 184 Å². The Morgan fingerprint density at radius 2 is 0.542 bits per heavy atom. The number of rotatable bonds is 11. The molecule has 1 fully saturated rings. The predicted molar refractivity (Wildman–Crippen MR) is 343 cm³/mol. The van der Waals surface area contributed by atoms with Gasteiger partial charge in [0.1, 0.15) is 23.0 Å². The zero-order valence-corrected chi connectivity index (χ0v) is 53.5. The Morgan fingerprint density at radius 3 is 0.735 bits per heavy atom. The van der Waals surface area contributed by atoms with Gasteiger partial charge in [0.25, 0.3) is 23.5 Å². The normalized spacial score (nSPS) is 17.0. The first-order valence-corrected chi connectivity index (χ1v) is 37.6. The largest absolute Gasteiger partial charge is 2.00 e. The summed E-state index contributed by atoms with van der Waals surface area (Å²) in [6.07, 6.45) is 0. The smallest absolute Gasteiger partial charge is 0.756 e. The van der Waals surface area contributed by atoms with Crippen LogP contribution < -0.4 is 67.7 Å². The van der Waals surface area contributed by atoms with E-state index in [4.69, 9.17) is 9.78 Å². The minimum Gasteiger partial charge on any atom is -0.756 e. The van der Waals surface area contributed by atoms with Crippen LogP contribution in [0, 0.1) is 11.3 Å². The summed E-state index contributed by atoms with van der Waals surface area (Å²) in [7, 11) is -22.2. The van der Waals surface area contributed by atoms with Gasteiger partial charge in [0.05, 0.1) is 56.5 Å². The summed E-state index contributed by atoms with van der Waals surface area (Å²) in [5.74, 6) is 0. The van der Waals surface area contributed by atoms with Crippen LogP contribution in [0.5, 0.6) is 0 Å². The molecule has 0 spiro atoms. The van der Waals surface area contributed by atoms with Crippen molar-refractivity contribution in [2.24, 2.45) is 4.52 Å². The molecule has 11 rings (SSSR count). The third-order valence-electron chi connectivity index (χ3n) is 12.5.